The lowest BCUT2D eigenvalue weighted by Gasteiger charge is -2.52. The Labute approximate surface area is 237 Å². The number of rotatable bonds is 5. The van der Waals surface area contributed by atoms with Gasteiger partial charge in [0.05, 0.1) is 23.6 Å². The van der Waals surface area contributed by atoms with Crippen LogP contribution >= 0.6 is 15.9 Å². The molecule has 1 spiro atoms. The van der Waals surface area contributed by atoms with Gasteiger partial charge in [-0.15, -0.1) is 0 Å². The van der Waals surface area contributed by atoms with Crippen LogP contribution in [0.1, 0.15) is 48.2 Å². The predicted molar refractivity (Wildman–Crippen MR) is 157 cm³/mol. The van der Waals surface area contributed by atoms with Crippen LogP contribution in [0.3, 0.4) is 0 Å². The van der Waals surface area contributed by atoms with E-state index in [1.807, 2.05) is 6.92 Å². The van der Waals surface area contributed by atoms with Gasteiger partial charge in [-0.3, -0.25) is 4.79 Å². The molecule has 0 bridgehead atoms. The number of ether oxygens (including phenoxy) is 1. The summed E-state index contributed by atoms with van der Waals surface area (Å²) in [5.41, 5.74) is 4.96. The summed E-state index contributed by atoms with van der Waals surface area (Å²) in [6.07, 6.45) is 3.64. The van der Waals surface area contributed by atoms with Gasteiger partial charge in [0.1, 0.15) is 5.41 Å². The largest absolute Gasteiger partial charge is 0.462 e. The summed E-state index contributed by atoms with van der Waals surface area (Å²) >= 11 is 3.65. The minimum atomic E-state index is -0.747. The highest BCUT2D eigenvalue weighted by molar-refractivity contribution is 9.10. The Hall–Kier alpha value is -3.45. The van der Waals surface area contributed by atoms with Crippen molar-refractivity contribution in [1.29, 1.82) is 0 Å². The Morgan fingerprint density at radius 2 is 1.87 bits per heavy atom. The number of anilines is 2. The molecular weight excluding hydrogens is 554 g/mol. The lowest BCUT2D eigenvalue weighted by molar-refractivity contribution is -0.125. The fourth-order valence-corrected chi connectivity index (χ4v) is 7.07. The molecule has 1 fully saturated rings. The zero-order valence-corrected chi connectivity index (χ0v) is 23.9. The molecular formula is C32H32BrN3O3. The number of carbonyl (C=O) groups excluding carboxylic acids is 2. The zero-order valence-electron chi connectivity index (χ0n) is 22.3. The van der Waals surface area contributed by atoms with Crippen LogP contribution < -0.4 is 9.91 Å². The van der Waals surface area contributed by atoms with Gasteiger partial charge in [0.15, 0.2) is 0 Å². The van der Waals surface area contributed by atoms with E-state index in [4.69, 9.17) is 9.84 Å². The van der Waals surface area contributed by atoms with Gasteiger partial charge >= 0.3 is 5.97 Å². The van der Waals surface area contributed by atoms with E-state index in [0.717, 1.165) is 36.0 Å². The minimum absolute atomic E-state index is 0.00451. The van der Waals surface area contributed by atoms with Crippen LogP contribution in [0.4, 0.5) is 11.4 Å². The van der Waals surface area contributed by atoms with Crippen LogP contribution in [0.2, 0.25) is 0 Å². The highest BCUT2D eigenvalue weighted by atomic mass is 79.9. The van der Waals surface area contributed by atoms with Crippen molar-refractivity contribution in [2.45, 2.75) is 45.6 Å². The van der Waals surface area contributed by atoms with Crippen molar-refractivity contribution in [3.8, 4) is 0 Å². The Morgan fingerprint density at radius 1 is 1.10 bits per heavy atom. The molecule has 1 saturated heterocycles. The molecule has 6 rings (SSSR count). The maximum atomic E-state index is 14.5. The second-order valence-corrected chi connectivity index (χ2v) is 11.7. The third-order valence-electron chi connectivity index (χ3n) is 8.56. The topological polar surface area (TPSA) is 62.2 Å². The first-order valence-corrected chi connectivity index (χ1v) is 14.5. The van der Waals surface area contributed by atoms with Crippen molar-refractivity contribution < 1.29 is 14.3 Å². The lowest BCUT2D eigenvalue weighted by Crippen LogP contribution is -2.62. The molecule has 3 heterocycles. The fourth-order valence-electron chi connectivity index (χ4n) is 6.66. The van der Waals surface area contributed by atoms with Crippen molar-refractivity contribution in [3.05, 3.63) is 94.0 Å². The predicted octanol–water partition coefficient (Wildman–Crippen LogP) is 6.42. The average Bonchev–Trinajstić information content (AvgIpc) is 3.19. The summed E-state index contributed by atoms with van der Waals surface area (Å²) in [5, 5.41) is 6.42. The quantitative estimate of drug-likeness (QED) is 0.324. The van der Waals surface area contributed by atoms with Gasteiger partial charge in [-0.25, -0.2) is 4.79 Å². The maximum absolute atomic E-state index is 14.5. The molecule has 1 amide bonds. The number of halogens is 1. The van der Waals surface area contributed by atoms with Crippen molar-refractivity contribution in [3.63, 3.8) is 0 Å². The van der Waals surface area contributed by atoms with Gasteiger partial charge in [0.25, 0.3) is 5.91 Å². The molecule has 0 aromatic heterocycles. The molecule has 7 heteroatoms. The summed E-state index contributed by atoms with van der Waals surface area (Å²) in [6, 6.07) is 24.1. The van der Waals surface area contributed by atoms with Gasteiger partial charge in [-0.2, -0.15) is 10.1 Å². The Balaban J connectivity index is 1.36. The van der Waals surface area contributed by atoms with Crippen molar-refractivity contribution in [1.82, 2.24) is 0 Å². The molecule has 3 aromatic carbocycles. The zero-order chi connectivity index (χ0) is 27.1. The van der Waals surface area contributed by atoms with E-state index in [-0.39, 0.29) is 17.9 Å². The van der Waals surface area contributed by atoms with Gasteiger partial charge in [-0.1, -0.05) is 46.3 Å². The summed E-state index contributed by atoms with van der Waals surface area (Å²) in [7, 11) is 0. The smallest absolute Gasteiger partial charge is 0.338 e. The number of nitrogens with zero attached hydrogens (tertiary/aromatic N) is 3. The first kappa shape index (κ1) is 25.8. The Morgan fingerprint density at radius 3 is 2.62 bits per heavy atom. The van der Waals surface area contributed by atoms with Gasteiger partial charge < -0.3 is 9.64 Å². The number of hydrogen-bond donors (Lipinski definition) is 0. The number of fused-ring (bicyclic) bond motifs is 4. The lowest BCUT2D eigenvalue weighted by atomic mass is 9.64. The van der Waals surface area contributed by atoms with Crippen molar-refractivity contribution in [2.75, 3.05) is 23.1 Å². The summed E-state index contributed by atoms with van der Waals surface area (Å²) in [5.74, 6) is 0.121. The SMILES string of the molecule is CCOC(=O)c1ccc(N2N=C(C)[C@]3(Cc4cc(Br)ccc4N4CC[C@H](Cc5ccccc5)C[C@@H]43)C2=O)cc1. The Bertz CT molecular complexity index is 1440. The molecule has 3 aromatic rings. The molecule has 3 aliphatic rings. The van der Waals surface area contributed by atoms with E-state index >= 15 is 0 Å². The number of piperidine rings is 1. The third kappa shape index (κ3) is 4.46. The monoisotopic (exact) mass is 585 g/mol. The normalized spacial score (nSPS) is 23.9. The van der Waals surface area contributed by atoms with Crippen LogP contribution in [-0.4, -0.2) is 36.8 Å². The first-order chi connectivity index (χ1) is 18.9. The van der Waals surface area contributed by atoms with E-state index < -0.39 is 5.41 Å². The van der Waals surface area contributed by atoms with Crippen molar-refractivity contribution in [2.24, 2.45) is 16.4 Å². The van der Waals surface area contributed by atoms with Crippen LogP contribution in [0.25, 0.3) is 0 Å². The van der Waals surface area contributed by atoms with Crippen LogP contribution in [0.15, 0.2) is 82.4 Å². The maximum Gasteiger partial charge on any atom is 0.338 e. The number of hydrazone groups is 1. The molecule has 0 N–H and O–H groups in total. The van der Waals surface area contributed by atoms with Gasteiger partial charge in [0.2, 0.25) is 0 Å². The van der Waals surface area contributed by atoms with Crippen LogP contribution in [0, 0.1) is 11.3 Å². The third-order valence-corrected chi connectivity index (χ3v) is 9.05. The number of esters is 1. The minimum Gasteiger partial charge on any atom is -0.462 e. The van der Waals surface area contributed by atoms with E-state index in [2.05, 4.69) is 69.4 Å². The molecule has 3 atom stereocenters. The van der Waals surface area contributed by atoms with E-state index in [1.54, 1.807) is 36.2 Å². The van der Waals surface area contributed by atoms with E-state index in [0.29, 0.717) is 30.2 Å². The summed E-state index contributed by atoms with van der Waals surface area (Å²) in [6.45, 7) is 5.02. The standard InChI is InChI=1S/C32H32BrN3O3/c1-3-39-30(37)24-9-12-27(13-10-24)36-31(38)32(21(2)34-36)20-25-19-26(33)11-14-28(25)35-16-15-23(18-29(32)35)17-22-7-5-4-6-8-22/h4-14,19,23,29H,3,15-18,20H2,1-2H3/t23-,29-,32+/m1/s1. The molecule has 39 heavy (non-hydrogen) atoms. The molecule has 3 aliphatic heterocycles. The molecule has 0 radical (unpaired) electrons. The molecule has 0 aliphatic carbocycles. The summed E-state index contributed by atoms with van der Waals surface area (Å²) in [4.78, 5) is 29.1. The molecule has 6 nitrogen and oxygen atoms in total. The summed E-state index contributed by atoms with van der Waals surface area (Å²) < 4.78 is 6.13. The second kappa shape index (κ2) is 10.3. The average molecular weight is 587 g/mol. The van der Waals surface area contributed by atoms with Crippen molar-refractivity contribution >= 4 is 44.9 Å². The van der Waals surface area contributed by atoms with Crippen LogP contribution in [0.5, 0.6) is 0 Å². The second-order valence-electron chi connectivity index (χ2n) is 10.8. The van der Waals surface area contributed by atoms with Gasteiger partial charge in [-0.05, 0) is 99.0 Å². The number of benzene rings is 3. The number of hydrogen-bond acceptors (Lipinski definition) is 5. The molecule has 0 unspecified atom stereocenters. The van der Waals surface area contributed by atoms with E-state index in [9.17, 15) is 9.59 Å². The highest BCUT2D eigenvalue weighted by Crippen LogP contribution is 2.51. The Kier molecular flexibility index (Phi) is 6.79. The fraction of sp³-hybridized carbons (Fsp3) is 0.344. The molecule has 200 valence electrons. The van der Waals surface area contributed by atoms with E-state index in [1.165, 1.54) is 16.8 Å². The highest BCUT2D eigenvalue weighted by Gasteiger charge is 2.59. The van der Waals surface area contributed by atoms with Gasteiger partial charge in [0, 0.05) is 22.7 Å². The number of amides is 1. The first-order valence-electron chi connectivity index (χ1n) is 13.7. The van der Waals surface area contributed by atoms with Crippen LogP contribution in [-0.2, 0) is 22.4 Å². The number of carbonyl (C=O) groups is 2. The molecule has 0 saturated carbocycles.